The molecule has 0 bridgehead atoms. The summed E-state index contributed by atoms with van der Waals surface area (Å²) < 4.78 is 0. The monoisotopic (exact) mass is 339 g/mol. The molecule has 0 saturated heterocycles. The second kappa shape index (κ2) is 7.32. The maximum atomic E-state index is 12.5. The number of aromatic nitrogens is 2. The molecule has 0 aliphatic rings. The highest BCUT2D eigenvalue weighted by Crippen LogP contribution is 2.31. The van der Waals surface area contributed by atoms with Gasteiger partial charge in [-0.15, -0.1) is 0 Å². The number of nitrogens with one attached hydrogen (secondary N) is 2. The number of aryl methyl sites for hydroxylation is 1. The fourth-order valence-electron chi connectivity index (χ4n) is 2.56. The minimum absolute atomic E-state index is 0.155. The quantitative estimate of drug-likeness (QED) is 0.692. The van der Waals surface area contributed by atoms with Crippen LogP contribution >= 0.6 is 11.6 Å². The molecule has 122 valence electrons. The number of amides is 1. The van der Waals surface area contributed by atoms with Gasteiger partial charge in [0.25, 0.3) is 5.91 Å². The van der Waals surface area contributed by atoms with Crippen LogP contribution in [0.1, 0.15) is 29.4 Å². The van der Waals surface area contributed by atoms with Crippen molar-refractivity contribution in [2.24, 2.45) is 0 Å². The van der Waals surface area contributed by atoms with Crippen LogP contribution in [0, 0.1) is 0 Å². The van der Waals surface area contributed by atoms with E-state index in [0.717, 1.165) is 24.1 Å². The first kappa shape index (κ1) is 16.3. The molecule has 0 unspecified atom stereocenters. The minimum atomic E-state index is -0.155. The Balaban J connectivity index is 1.98. The van der Waals surface area contributed by atoms with Crippen molar-refractivity contribution in [1.29, 1.82) is 0 Å². The molecule has 0 aliphatic carbocycles. The van der Waals surface area contributed by atoms with Gasteiger partial charge in [-0.05, 0) is 30.7 Å². The van der Waals surface area contributed by atoms with Crippen LogP contribution in [0.2, 0.25) is 5.02 Å². The number of benzene rings is 2. The predicted molar refractivity (Wildman–Crippen MR) is 97.4 cm³/mol. The number of hydrogen-bond donors (Lipinski definition) is 2. The van der Waals surface area contributed by atoms with E-state index in [1.54, 1.807) is 12.1 Å². The number of aromatic amines is 1. The van der Waals surface area contributed by atoms with Gasteiger partial charge < -0.3 is 5.32 Å². The smallest absolute Gasteiger partial charge is 0.255 e. The molecule has 2 aromatic carbocycles. The zero-order chi connectivity index (χ0) is 16.9. The lowest BCUT2D eigenvalue weighted by Crippen LogP contribution is -2.13. The Bertz CT molecular complexity index is 843. The third-order valence-electron chi connectivity index (χ3n) is 3.71. The van der Waals surface area contributed by atoms with Crippen molar-refractivity contribution in [2.45, 2.75) is 19.8 Å². The Kier molecular flexibility index (Phi) is 4.96. The summed E-state index contributed by atoms with van der Waals surface area (Å²) in [6, 6.07) is 16.6. The molecule has 1 aromatic heterocycles. The number of H-pyrrole nitrogens is 1. The van der Waals surface area contributed by atoms with Gasteiger partial charge in [-0.3, -0.25) is 9.89 Å². The summed E-state index contributed by atoms with van der Waals surface area (Å²) in [6.45, 7) is 2.09. The summed E-state index contributed by atoms with van der Waals surface area (Å²) in [5.41, 5.74) is 3.80. The molecule has 24 heavy (non-hydrogen) atoms. The van der Waals surface area contributed by atoms with Crippen molar-refractivity contribution in [1.82, 2.24) is 10.2 Å². The highest BCUT2D eigenvalue weighted by atomic mass is 35.5. The first-order chi connectivity index (χ1) is 11.7. The molecule has 0 radical (unpaired) electrons. The Morgan fingerprint density at radius 3 is 2.67 bits per heavy atom. The Hall–Kier alpha value is -2.59. The third-order valence-corrected chi connectivity index (χ3v) is 3.95. The molecule has 0 atom stereocenters. The lowest BCUT2D eigenvalue weighted by Gasteiger charge is -2.08. The molecule has 2 N–H and O–H groups in total. The molecule has 5 heteroatoms. The highest BCUT2D eigenvalue weighted by molar-refractivity contribution is 6.30. The highest BCUT2D eigenvalue weighted by Gasteiger charge is 2.17. The molecule has 0 fully saturated rings. The summed E-state index contributed by atoms with van der Waals surface area (Å²) in [6.07, 6.45) is 1.75. The lowest BCUT2D eigenvalue weighted by atomic mass is 10.1. The van der Waals surface area contributed by atoms with Gasteiger partial charge in [-0.2, -0.15) is 5.10 Å². The molecule has 0 aliphatic heterocycles. The van der Waals surface area contributed by atoms with Gasteiger partial charge in [0, 0.05) is 16.1 Å². The van der Waals surface area contributed by atoms with Crippen LogP contribution in [-0.4, -0.2) is 16.1 Å². The molecule has 3 rings (SSSR count). The first-order valence-corrected chi connectivity index (χ1v) is 8.26. The topological polar surface area (TPSA) is 57.8 Å². The van der Waals surface area contributed by atoms with Crippen LogP contribution in [0.25, 0.3) is 11.3 Å². The van der Waals surface area contributed by atoms with Crippen molar-refractivity contribution >= 4 is 23.2 Å². The average Bonchev–Trinajstić information content (AvgIpc) is 2.98. The van der Waals surface area contributed by atoms with Gasteiger partial charge in [0.05, 0.1) is 11.4 Å². The van der Waals surface area contributed by atoms with Crippen LogP contribution in [0.4, 0.5) is 5.69 Å². The van der Waals surface area contributed by atoms with E-state index in [9.17, 15) is 4.79 Å². The Morgan fingerprint density at radius 1 is 1.17 bits per heavy atom. The largest absolute Gasteiger partial charge is 0.319 e. The van der Waals surface area contributed by atoms with Crippen molar-refractivity contribution in [3.8, 4) is 11.3 Å². The molecular weight excluding hydrogens is 322 g/mol. The fraction of sp³-hybridized carbons (Fsp3) is 0.158. The number of carbonyl (C=O) groups is 1. The van der Waals surface area contributed by atoms with E-state index >= 15 is 0 Å². The maximum absolute atomic E-state index is 12.5. The fourth-order valence-corrected chi connectivity index (χ4v) is 2.75. The maximum Gasteiger partial charge on any atom is 0.255 e. The van der Waals surface area contributed by atoms with Crippen molar-refractivity contribution in [3.63, 3.8) is 0 Å². The zero-order valence-electron chi connectivity index (χ0n) is 13.3. The SMILES string of the molecule is CCCc1[nH]nc(-c2cccc(Cl)c2)c1NC(=O)c1ccccc1. The molecule has 4 nitrogen and oxygen atoms in total. The van der Waals surface area contributed by atoms with E-state index in [1.165, 1.54) is 0 Å². The van der Waals surface area contributed by atoms with E-state index in [1.807, 2.05) is 42.5 Å². The number of rotatable bonds is 5. The number of carbonyl (C=O) groups excluding carboxylic acids is 1. The van der Waals surface area contributed by atoms with E-state index < -0.39 is 0 Å². The first-order valence-electron chi connectivity index (χ1n) is 7.88. The minimum Gasteiger partial charge on any atom is -0.319 e. The predicted octanol–water partition coefficient (Wildman–Crippen LogP) is 4.93. The second-order valence-electron chi connectivity index (χ2n) is 5.51. The van der Waals surface area contributed by atoms with Gasteiger partial charge in [-0.1, -0.05) is 55.3 Å². The Labute approximate surface area is 145 Å². The third kappa shape index (κ3) is 3.49. The van der Waals surface area contributed by atoms with Crippen LogP contribution in [0.15, 0.2) is 54.6 Å². The van der Waals surface area contributed by atoms with E-state index in [0.29, 0.717) is 22.0 Å². The van der Waals surface area contributed by atoms with Gasteiger partial charge in [-0.25, -0.2) is 0 Å². The Morgan fingerprint density at radius 2 is 1.96 bits per heavy atom. The second-order valence-corrected chi connectivity index (χ2v) is 5.94. The summed E-state index contributed by atoms with van der Waals surface area (Å²) in [4.78, 5) is 12.5. The van der Waals surface area contributed by atoms with Gasteiger partial charge >= 0.3 is 0 Å². The molecular formula is C19H18ClN3O. The van der Waals surface area contributed by atoms with Crippen molar-refractivity contribution < 1.29 is 4.79 Å². The standard InChI is InChI=1S/C19H18ClN3O/c1-2-7-16-18(21-19(24)13-8-4-3-5-9-13)17(23-22-16)14-10-6-11-15(20)12-14/h3-6,8-12H,2,7H2,1H3,(H,21,24)(H,22,23). The zero-order valence-corrected chi connectivity index (χ0v) is 14.1. The molecule has 1 amide bonds. The van der Waals surface area contributed by atoms with Crippen molar-refractivity contribution in [2.75, 3.05) is 5.32 Å². The van der Waals surface area contributed by atoms with E-state index in [-0.39, 0.29) is 5.91 Å². The lowest BCUT2D eigenvalue weighted by molar-refractivity contribution is 0.102. The molecule has 3 aromatic rings. The molecule has 0 spiro atoms. The van der Waals surface area contributed by atoms with E-state index in [2.05, 4.69) is 22.4 Å². The number of hydrogen-bond acceptors (Lipinski definition) is 2. The van der Waals surface area contributed by atoms with Crippen LogP contribution in [0.5, 0.6) is 0 Å². The molecule has 1 heterocycles. The van der Waals surface area contributed by atoms with Gasteiger partial charge in [0.2, 0.25) is 0 Å². The number of halogens is 1. The van der Waals surface area contributed by atoms with Gasteiger partial charge in [0.15, 0.2) is 0 Å². The van der Waals surface area contributed by atoms with Crippen LogP contribution in [-0.2, 0) is 6.42 Å². The molecule has 0 saturated carbocycles. The summed E-state index contributed by atoms with van der Waals surface area (Å²) in [5.74, 6) is -0.155. The normalized spacial score (nSPS) is 10.6. The summed E-state index contributed by atoms with van der Waals surface area (Å²) >= 11 is 6.09. The van der Waals surface area contributed by atoms with Crippen LogP contribution in [0.3, 0.4) is 0 Å². The van der Waals surface area contributed by atoms with Gasteiger partial charge in [0.1, 0.15) is 5.69 Å². The van der Waals surface area contributed by atoms with E-state index in [4.69, 9.17) is 11.6 Å². The number of nitrogens with zero attached hydrogens (tertiary/aromatic N) is 1. The summed E-state index contributed by atoms with van der Waals surface area (Å²) in [5, 5.41) is 11.1. The summed E-state index contributed by atoms with van der Waals surface area (Å²) in [7, 11) is 0. The van der Waals surface area contributed by atoms with Crippen molar-refractivity contribution in [3.05, 3.63) is 70.9 Å². The van der Waals surface area contributed by atoms with Crippen LogP contribution < -0.4 is 5.32 Å². The average molecular weight is 340 g/mol. The number of anilines is 1.